The third kappa shape index (κ3) is 3.34. The third-order valence-corrected chi connectivity index (χ3v) is 4.62. The molecule has 2 heterocycles. The van der Waals surface area contributed by atoms with Gasteiger partial charge in [0.25, 0.3) is 5.89 Å². The summed E-state index contributed by atoms with van der Waals surface area (Å²) >= 11 is 0. The van der Waals surface area contributed by atoms with Gasteiger partial charge in [0.15, 0.2) is 11.8 Å². The zero-order chi connectivity index (χ0) is 19.0. The van der Waals surface area contributed by atoms with E-state index in [1.807, 2.05) is 0 Å². The maximum atomic E-state index is 13.3. The van der Waals surface area contributed by atoms with Crippen LogP contribution in [-0.2, 0) is 17.6 Å². The molecule has 0 saturated heterocycles. The summed E-state index contributed by atoms with van der Waals surface area (Å²) in [5, 5.41) is 12.1. The Balaban J connectivity index is 1.66. The van der Waals surface area contributed by atoms with Crippen molar-refractivity contribution in [1.29, 1.82) is 0 Å². The van der Waals surface area contributed by atoms with Crippen LogP contribution in [0, 0.1) is 12.7 Å². The van der Waals surface area contributed by atoms with Gasteiger partial charge in [0.2, 0.25) is 5.89 Å². The quantitative estimate of drug-likeness (QED) is 0.654. The molecule has 0 fully saturated rings. The first-order valence-corrected chi connectivity index (χ1v) is 8.90. The van der Waals surface area contributed by atoms with Crippen LogP contribution in [0.5, 0.6) is 0 Å². The van der Waals surface area contributed by atoms with E-state index >= 15 is 0 Å². The van der Waals surface area contributed by atoms with E-state index in [-0.39, 0.29) is 17.4 Å². The number of nitrogens with zero attached hydrogens (tertiary/aromatic N) is 4. The average Bonchev–Trinajstić information content (AvgIpc) is 3.26. The van der Waals surface area contributed by atoms with Gasteiger partial charge in [-0.05, 0) is 56.9 Å². The molecular weight excluding hydrogens is 351 g/mol. The molecule has 0 aliphatic heterocycles. The second-order valence-corrected chi connectivity index (χ2v) is 6.58. The molecule has 1 atom stereocenters. The Morgan fingerprint density at radius 1 is 1.22 bits per heavy atom. The van der Waals surface area contributed by atoms with E-state index in [9.17, 15) is 9.18 Å². The highest BCUT2D eigenvalue weighted by atomic mass is 19.1. The van der Waals surface area contributed by atoms with Crippen LogP contribution in [0.2, 0.25) is 0 Å². The summed E-state index contributed by atoms with van der Waals surface area (Å²) in [7, 11) is 0. The van der Waals surface area contributed by atoms with Crippen molar-refractivity contribution in [1.82, 2.24) is 20.0 Å². The van der Waals surface area contributed by atoms with Gasteiger partial charge in [0.05, 0.1) is 5.69 Å². The summed E-state index contributed by atoms with van der Waals surface area (Å²) < 4.78 is 25.8. The molecule has 2 aromatic heterocycles. The van der Waals surface area contributed by atoms with Gasteiger partial charge >= 0.3 is 5.97 Å². The number of carbonyl (C=O) groups is 1. The Labute approximate surface area is 155 Å². The highest BCUT2D eigenvalue weighted by molar-refractivity contribution is 5.89. The van der Waals surface area contributed by atoms with E-state index < -0.39 is 12.1 Å². The molecular formula is C19H19FN4O3. The van der Waals surface area contributed by atoms with E-state index in [4.69, 9.17) is 9.15 Å². The summed E-state index contributed by atoms with van der Waals surface area (Å²) in [6.45, 7) is 3.35. The van der Waals surface area contributed by atoms with Gasteiger partial charge in [0, 0.05) is 18.2 Å². The molecule has 27 heavy (non-hydrogen) atoms. The van der Waals surface area contributed by atoms with Crippen LogP contribution in [0.4, 0.5) is 4.39 Å². The smallest absolute Gasteiger partial charge is 0.359 e. The van der Waals surface area contributed by atoms with Crippen molar-refractivity contribution < 1.29 is 18.3 Å². The number of aromatic nitrogens is 4. The largest absolute Gasteiger partial charge is 0.448 e. The Morgan fingerprint density at radius 3 is 2.67 bits per heavy atom. The number of ether oxygens (including phenoxy) is 1. The zero-order valence-corrected chi connectivity index (χ0v) is 15.1. The number of aryl methyl sites for hydroxylation is 1. The molecule has 7 nitrogen and oxygen atoms in total. The van der Waals surface area contributed by atoms with Crippen LogP contribution in [0.15, 0.2) is 28.7 Å². The standard InChI is InChI=1S/C19H19FN4O3/c1-11(18-22-21-12(2)27-18)26-19(25)17-15-5-3-4-6-16(15)24(23-17)14-9-7-13(20)8-10-14/h7-11H,3-6H2,1-2H3. The lowest BCUT2D eigenvalue weighted by Gasteiger charge is -2.14. The Bertz CT molecular complexity index is 978. The summed E-state index contributed by atoms with van der Waals surface area (Å²) in [5.41, 5.74) is 2.87. The van der Waals surface area contributed by atoms with Gasteiger partial charge in [-0.25, -0.2) is 13.9 Å². The van der Waals surface area contributed by atoms with E-state index in [0.717, 1.165) is 36.9 Å². The lowest BCUT2D eigenvalue weighted by Crippen LogP contribution is -2.13. The highest BCUT2D eigenvalue weighted by Gasteiger charge is 2.28. The molecule has 0 amide bonds. The Hall–Kier alpha value is -3.03. The van der Waals surface area contributed by atoms with Crippen molar-refractivity contribution >= 4 is 5.97 Å². The van der Waals surface area contributed by atoms with Crippen molar-refractivity contribution in [3.8, 4) is 5.69 Å². The van der Waals surface area contributed by atoms with Crippen molar-refractivity contribution in [2.24, 2.45) is 0 Å². The molecule has 0 spiro atoms. The van der Waals surface area contributed by atoms with Gasteiger partial charge in [0.1, 0.15) is 5.82 Å². The number of fused-ring (bicyclic) bond motifs is 1. The lowest BCUT2D eigenvalue weighted by atomic mass is 9.95. The van der Waals surface area contributed by atoms with Crippen molar-refractivity contribution in [3.63, 3.8) is 0 Å². The molecule has 3 aromatic rings. The van der Waals surface area contributed by atoms with E-state index in [0.29, 0.717) is 11.6 Å². The Kier molecular flexibility index (Phi) is 4.47. The fourth-order valence-electron chi connectivity index (χ4n) is 3.30. The zero-order valence-electron chi connectivity index (χ0n) is 15.1. The molecule has 1 aromatic carbocycles. The lowest BCUT2D eigenvalue weighted by molar-refractivity contribution is 0.0268. The van der Waals surface area contributed by atoms with Crippen LogP contribution in [0.3, 0.4) is 0 Å². The van der Waals surface area contributed by atoms with Crippen LogP contribution < -0.4 is 0 Å². The van der Waals surface area contributed by atoms with Crippen LogP contribution in [-0.4, -0.2) is 25.9 Å². The summed E-state index contributed by atoms with van der Waals surface area (Å²) in [6.07, 6.45) is 2.90. The van der Waals surface area contributed by atoms with Gasteiger partial charge in [-0.15, -0.1) is 10.2 Å². The van der Waals surface area contributed by atoms with Gasteiger partial charge < -0.3 is 9.15 Å². The second-order valence-electron chi connectivity index (χ2n) is 6.58. The number of halogens is 1. The minimum atomic E-state index is -0.672. The summed E-state index contributed by atoms with van der Waals surface area (Å²) in [6, 6.07) is 6.06. The number of carbonyl (C=O) groups excluding carboxylic acids is 1. The van der Waals surface area contributed by atoms with Crippen molar-refractivity contribution in [3.05, 3.63) is 58.8 Å². The average molecular weight is 370 g/mol. The van der Waals surface area contributed by atoms with Gasteiger partial charge in [-0.1, -0.05) is 0 Å². The molecule has 1 aliphatic rings. The monoisotopic (exact) mass is 370 g/mol. The highest BCUT2D eigenvalue weighted by Crippen LogP contribution is 2.28. The van der Waals surface area contributed by atoms with Crippen LogP contribution in [0.25, 0.3) is 5.69 Å². The van der Waals surface area contributed by atoms with Gasteiger partial charge in [-0.2, -0.15) is 5.10 Å². The molecule has 0 saturated carbocycles. The molecule has 1 unspecified atom stereocenters. The predicted octanol–water partition coefficient (Wildman–Crippen LogP) is 3.50. The molecule has 0 bridgehead atoms. The van der Waals surface area contributed by atoms with E-state index in [1.165, 1.54) is 12.1 Å². The number of rotatable bonds is 4. The fourth-order valence-corrected chi connectivity index (χ4v) is 3.30. The van der Waals surface area contributed by atoms with Crippen LogP contribution in [0.1, 0.15) is 59.4 Å². The minimum Gasteiger partial charge on any atom is -0.448 e. The van der Waals surface area contributed by atoms with Crippen molar-refractivity contribution in [2.45, 2.75) is 45.6 Å². The molecule has 140 valence electrons. The van der Waals surface area contributed by atoms with Gasteiger partial charge in [-0.3, -0.25) is 0 Å². The summed E-state index contributed by atoms with van der Waals surface area (Å²) in [4.78, 5) is 12.8. The maximum Gasteiger partial charge on any atom is 0.359 e. The molecule has 1 aliphatic carbocycles. The topological polar surface area (TPSA) is 83.0 Å². The van der Waals surface area contributed by atoms with E-state index in [2.05, 4.69) is 15.3 Å². The first-order valence-electron chi connectivity index (χ1n) is 8.90. The number of hydrogen-bond acceptors (Lipinski definition) is 6. The SMILES string of the molecule is Cc1nnc(C(C)OC(=O)c2nn(-c3ccc(F)cc3)c3c2CCCC3)o1. The molecule has 0 N–H and O–H groups in total. The summed E-state index contributed by atoms with van der Waals surface area (Å²) in [5.74, 6) is -0.195. The first-order chi connectivity index (χ1) is 13.0. The fraction of sp³-hybridized carbons (Fsp3) is 0.368. The number of hydrogen-bond donors (Lipinski definition) is 0. The van der Waals surface area contributed by atoms with Crippen LogP contribution >= 0.6 is 0 Å². The third-order valence-electron chi connectivity index (χ3n) is 4.62. The second kappa shape index (κ2) is 6.94. The minimum absolute atomic E-state index is 0.243. The first kappa shape index (κ1) is 17.4. The molecule has 0 radical (unpaired) electrons. The predicted molar refractivity (Wildman–Crippen MR) is 93.0 cm³/mol. The molecule has 4 rings (SSSR count). The maximum absolute atomic E-state index is 13.3. The number of benzene rings is 1. The molecule has 8 heteroatoms. The number of esters is 1. The Morgan fingerprint density at radius 2 is 1.96 bits per heavy atom. The normalized spacial score (nSPS) is 14.6. The van der Waals surface area contributed by atoms with E-state index in [1.54, 1.807) is 30.7 Å². The van der Waals surface area contributed by atoms with Crippen molar-refractivity contribution in [2.75, 3.05) is 0 Å².